The SMILES string of the molecule is COCCN1CCCC(CNS(=O)(=O)c2cccc3cccc(Cl)c23)C1. The van der Waals surface area contributed by atoms with Crippen LogP contribution in [0, 0.1) is 5.92 Å². The number of rotatable bonds is 7. The summed E-state index contributed by atoms with van der Waals surface area (Å²) in [4.78, 5) is 2.58. The van der Waals surface area contributed by atoms with E-state index in [9.17, 15) is 8.42 Å². The molecule has 142 valence electrons. The van der Waals surface area contributed by atoms with Gasteiger partial charge in [-0.3, -0.25) is 0 Å². The predicted molar refractivity (Wildman–Crippen MR) is 105 cm³/mol. The molecule has 1 fully saturated rings. The average molecular weight is 397 g/mol. The minimum atomic E-state index is -3.62. The van der Waals surface area contributed by atoms with E-state index in [4.69, 9.17) is 16.3 Å². The Morgan fingerprint density at radius 2 is 2.04 bits per heavy atom. The van der Waals surface area contributed by atoms with Crippen LogP contribution in [-0.2, 0) is 14.8 Å². The highest BCUT2D eigenvalue weighted by Gasteiger charge is 2.23. The molecule has 1 unspecified atom stereocenters. The van der Waals surface area contributed by atoms with Crippen molar-refractivity contribution in [3.8, 4) is 0 Å². The predicted octanol–water partition coefficient (Wildman–Crippen LogP) is 3.13. The third kappa shape index (κ3) is 4.56. The smallest absolute Gasteiger partial charge is 0.241 e. The van der Waals surface area contributed by atoms with Crippen molar-refractivity contribution in [3.63, 3.8) is 0 Å². The molecule has 3 rings (SSSR count). The van der Waals surface area contributed by atoms with Gasteiger partial charge in [0, 0.05) is 37.2 Å². The number of fused-ring (bicyclic) bond motifs is 1. The summed E-state index contributed by atoms with van der Waals surface area (Å²) in [6.07, 6.45) is 2.11. The highest BCUT2D eigenvalue weighted by molar-refractivity contribution is 7.89. The monoisotopic (exact) mass is 396 g/mol. The number of piperidine rings is 1. The largest absolute Gasteiger partial charge is 0.383 e. The first-order chi connectivity index (χ1) is 12.5. The quantitative estimate of drug-likeness (QED) is 0.781. The molecule has 1 aliphatic rings. The number of nitrogens with one attached hydrogen (secondary N) is 1. The van der Waals surface area contributed by atoms with Gasteiger partial charge in [-0.25, -0.2) is 13.1 Å². The van der Waals surface area contributed by atoms with Crippen molar-refractivity contribution in [2.45, 2.75) is 17.7 Å². The van der Waals surface area contributed by atoms with Crippen molar-refractivity contribution in [2.24, 2.45) is 5.92 Å². The molecule has 1 heterocycles. The Morgan fingerprint density at radius 1 is 1.27 bits per heavy atom. The summed E-state index contributed by atoms with van der Waals surface area (Å²) in [5.41, 5.74) is 0. The third-order valence-corrected chi connectivity index (χ3v) is 6.66. The normalized spacial score (nSPS) is 19.1. The van der Waals surface area contributed by atoms with Crippen molar-refractivity contribution in [3.05, 3.63) is 41.4 Å². The summed E-state index contributed by atoms with van der Waals surface area (Å²) in [5, 5.41) is 1.85. The Labute approximate surface area is 160 Å². The fourth-order valence-corrected chi connectivity index (χ4v) is 5.24. The molecule has 2 aromatic carbocycles. The number of methoxy groups -OCH3 is 1. The number of benzene rings is 2. The van der Waals surface area contributed by atoms with Crippen LogP contribution in [0.15, 0.2) is 41.3 Å². The van der Waals surface area contributed by atoms with E-state index < -0.39 is 10.0 Å². The number of nitrogens with zero attached hydrogens (tertiary/aromatic N) is 1. The van der Waals surface area contributed by atoms with E-state index in [0.29, 0.717) is 29.5 Å². The molecule has 0 aliphatic carbocycles. The van der Waals surface area contributed by atoms with Crippen LogP contribution >= 0.6 is 11.6 Å². The zero-order valence-electron chi connectivity index (χ0n) is 14.9. The van der Waals surface area contributed by atoms with Gasteiger partial charge in [0.1, 0.15) is 0 Å². The lowest BCUT2D eigenvalue weighted by molar-refractivity contribution is 0.115. The van der Waals surface area contributed by atoms with Crippen molar-refractivity contribution in [1.29, 1.82) is 0 Å². The molecule has 0 saturated carbocycles. The minimum absolute atomic E-state index is 0.243. The van der Waals surface area contributed by atoms with Gasteiger partial charge in [0.2, 0.25) is 10.0 Å². The zero-order valence-corrected chi connectivity index (χ0v) is 16.5. The standard InChI is InChI=1S/C19H25ClN2O3S/c1-25-12-11-22-10-4-5-15(14-22)13-21-26(23,24)18-9-3-7-16-6-2-8-17(20)19(16)18/h2-3,6-9,15,21H,4-5,10-14H2,1H3. The molecular formula is C19H25ClN2O3S. The number of ether oxygens (including phenoxy) is 1. The topological polar surface area (TPSA) is 58.6 Å². The Balaban J connectivity index is 1.72. The minimum Gasteiger partial charge on any atom is -0.383 e. The van der Waals surface area contributed by atoms with Crippen LogP contribution in [0.2, 0.25) is 5.02 Å². The van der Waals surface area contributed by atoms with E-state index in [0.717, 1.165) is 37.9 Å². The van der Waals surface area contributed by atoms with E-state index >= 15 is 0 Å². The molecule has 0 spiro atoms. The Hall–Kier alpha value is -1.18. The van der Waals surface area contributed by atoms with Gasteiger partial charge in [-0.2, -0.15) is 0 Å². The van der Waals surface area contributed by atoms with Gasteiger partial charge in [-0.15, -0.1) is 0 Å². The van der Waals surface area contributed by atoms with Crippen LogP contribution in [0.5, 0.6) is 0 Å². The molecule has 26 heavy (non-hydrogen) atoms. The lowest BCUT2D eigenvalue weighted by Gasteiger charge is -2.32. The number of hydrogen-bond acceptors (Lipinski definition) is 4. The molecule has 0 bridgehead atoms. The second-order valence-electron chi connectivity index (χ2n) is 6.75. The number of sulfonamides is 1. The first kappa shape index (κ1) is 19.6. The fourth-order valence-electron chi connectivity index (χ4n) is 3.53. The van der Waals surface area contributed by atoms with E-state index in [2.05, 4.69) is 9.62 Å². The highest BCUT2D eigenvalue weighted by Crippen LogP contribution is 2.29. The summed E-state index contributed by atoms with van der Waals surface area (Å²) in [6.45, 7) is 3.96. The van der Waals surface area contributed by atoms with Gasteiger partial charge in [0.25, 0.3) is 0 Å². The van der Waals surface area contributed by atoms with E-state index in [1.165, 1.54) is 0 Å². The van der Waals surface area contributed by atoms with Gasteiger partial charge in [0.15, 0.2) is 0 Å². The summed E-state index contributed by atoms with van der Waals surface area (Å²) in [6, 6.07) is 10.6. The Kier molecular flexibility index (Phi) is 6.53. The molecule has 0 radical (unpaired) electrons. The molecule has 0 aromatic heterocycles. The fraction of sp³-hybridized carbons (Fsp3) is 0.474. The van der Waals surface area contributed by atoms with Crippen LogP contribution in [-0.4, -0.2) is 53.2 Å². The second kappa shape index (κ2) is 8.67. The Morgan fingerprint density at radius 3 is 2.81 bits per heavy atom. The van der Waals surface area contributed by atoms with E-state index in [1.807, 2.05) is 18.2 Å². The third-order valence-electron chi connectivity index (χ3n) is 4.88. The van der Waals surface area contributed by atoms with Crippen LogP contribution in [0.1, 0.15) is 12.8 Å². The van der Waals surface area contributed by atoms with Gasteiger partial charge >= 0.3 is 0 Å². The molecule has 0 amide bonds. The van der Waals surface area contributed by atoms with Crippen LogP contribution in [0.3, 0.4) is 0 Å². The maximum absolute atomic E-state index is 12.9. The van der Waals surface area contributed by atoms with E-state index in [1.54, 1.807) is 25.3 Å². The van der Waals surface area contributed by atoms with Crippen molar-refractivity contribution >= 4 is 32.4 Å². The molecule has 1 atom stereocenters. The molecule has 2 aromatic rings. The lowest BCUT2D eigenvalue weighted by atomic mass is 9.98. The molecule has 5 nitrogen and oxygen atoms in total. The summed E-state index contributed by atoms with van der Waals surface area (Å²) < 4.78 is 33.7. The molecule has 1 aliphatic heterocycles. The molecule has 7 heteroatoms. The van der Waals surface area contributed by atoms with Crippen LogP contribution in [0.25, 0.3) is 10.8 Å². The van der Waals surface area contributed by atoms with Gasteiger partial charge in [-0.05, 0) is 42.8 Å². The molecule has 1 saturated heterocycles. The van der Waals surface area contributed by atoms with Crippen LogP contribution in [0.4, 0.5) is 0 Å². The summed E-state index contributed by atoms with van der Waals surface area (Å²) in [5.74, 6) is 0.306. The summed E-state index contributed by atoms with van der Waals surface area (Å²) >= 11 is 6.27. The first-order valence-corrected chi connectivity index (χ1v) is 10.8. The van der Waals surface area contributed by atoms with Gasteiger partial charge in [0.05, 0.1) is 11.5 Å². The van der Waals surface area contributed by atoms with Gasteiger partial charge in [-0.1, -0.05) is 35.9 Å². The number of hydrogen-bond donors (Lipinski definition) is 1. The molecular weight excluding hydrogens is 372 g/mol. The average Bonchev–Trinajstić information content (AvgIpc) is 2.65. The van der Waals surface area contributed by atoms with Gasteiger partial charge < -0.3 is 9.64 Å². The van der Waals surface area contributed by atoms with Crippen LogP contribution < -0.4 is 4.72 Å². The van der Waals surface area contributed by atoms with Crippen molar-refractivity contribution in [2.75, 3.05) is 39.9 Å². The highest BCUT2D eigenvalue weighted by atomic mass is 35.5. The zero-order chi connectivity index (χ0) is 18.6. The maximum Gasteiger partial charge on any atom is 0.241 e. The molecule has 1 N–H and O–H groups in total. The van der Waals surface area contributed by atoms with Crippen molar-refractivity contribution < 1.29 is 13.2 Å². The Bertz CT molecular complexity index is 852. The second-order valence-corrected chi connectivity index (χ2v) is 8.89. The van der Waals surface area contributed by atoms with E-state index in [-0.39, 0.29) is 4.90 Å². The number of halogens is 1. The number of likely N-dealkylation sites (tertiary alicyclic amines) is 1. The van der Waals surface area contributed by atoms with Crippen molar-refractivity contribution in [1.82, 2.24) is 9.62 Å². The lowest BCUT2D eigenvalue weighted by Crippen LogP contribution is -2.42. The first-order valence-electron chi connectivity index (χ1n) is 8.89. The maximum atomic E-state index is 12.9. The summed E-state index contributed by atoms with van der Waals surface area (Å²) in [7, 11) is -1.92.